The number of aliphatic carboxylic acids is 1. The molecule has 1 atom stereocenters. The van der Waals surface area contributed by atoms with Gasteiger partial charge in [-0.15, -0.1) is 0 Å². The van der Waals surface area contributed by atoms with E-state index in [-0.39, 0.29) is 5.56 Å². The van der Waals surface area contributed by atoms with Gasteiger partial charge in [-0.25, -0.2) is 0 Å². The number of hydrogen-bond donors (Lipinski definition) is 2. The molecule has 1 rings (SSSR count). The number of carbonyl (C=O) groups is 1. The number of alkyl halides is 3. The Kier molecular flexibility index (Phi) is 3.56. The summed E-state index contributed by atoms with van der Waals surface area (Å²) in [6, 6.07) is 1.59. The highest BCUT2D eigenvalue weighted by atomic mass is 35.5. The maximum Gasteiger partial charge on any atom is 0.420 e. The van der Waals surface area contributed by atoms with Crippen molar-refractivity contribution >= 4 is 17.6 Å². The summed E-state index contributed by atoms with van der Waals surface area (Å²) in [5.74, 6) is -3.52. The molecule has 0 aliphatic rings. The molecule has 0 amide bonds. The van der Waals surface area contributed by atoms with Crippen molar-refractivity contribution in [2.45, 2.75) is 19.0 Å². The summed E-state index contributed by atoms with van der Waals surface area (Å²) in [7, 11) is 0. The molecule has 1 aromatic rings. The molecular formula is C10H8ClF3O3. The van der Waals surface area contributed by atoms with Crippen molar-refractivity contribution in [1.29, 1.82) is 0 Å². The lowest BCUT2D eigenvalue weighted by atomic mass is 9.98. The lowest BCUT2D eigenvalue weighted by Crippen LogP contribution is -2.11. The third-order valence-electron chi connectivity index (χ3n) is 2.26. The quantitative estimate of drug-likeness (QED) is 0.865. The van der Waals surface area contributed by atoms with Gasteiger partial charge >= 0.3 is 12.1 Å². The fourth-order valence-electron chi connectivity index (χ4n) is 1.23. The predicted octanol–water partition coefficient (Wildman–Crippen LogP) is 3.25. The molecule has 1 unspecified atom stereocenters. The molecule has 0 radical (unpaired) electrons. The first-order valence-electron chi connectivity index (χ1n) is 4.47. The van der Waals surface area contributed by atoms with Gasteiger partial charge in [0.1, 0.15) is 5.75 Å². The van der Waals surface area contributed by atoms with Crippen molar-refractivity contribution in [3.8, 4) is 5.75 Å². The molecule has 0 saturated heterocycles. The maximum absolute atomic E-state index is 12.5. The average Bonchev–Trinajstić information content (AvgIpc) is 2.18. The third-order valence-corrected chi connectivity index (χ3v) is 2.55. The number of phenols is 1. The van der Waals surface area contributed by atoms with Gasteiger partial charge in [0, 0.05) is 0 Å². The van der Waals surface area contributed by atoms with Crippen LogP contribution in [0.4, 0.5) is 13.2 Å². The summed E-state index contributed by atoms with van der Waals surface area (Å²) < 4.78 is 37.5. The normalized spacial score (nSPS) is 13.5. The Bertz CT molecular complexity index is 457. The molecule has 0 heterocycles. The number of carboxylic acids is 1. The van der Waals surface area contributed by atoms with Gasteiger partial charge < -0.3 is 10.2 Å². The zero-order chi connectivity index (χ0) is 13.4. The Morgan fingerprint density at radius 1 is 1.41 bits per heavy atom. The van der Waals surface area contributed by atoms with Crippen LogP contribution >= 0.6 is 11.6 Å². The zero-order valence-corrected chi connectivity index (χ0v) is 9.30. The molecule has 0 bridgehead atoms. The summed E-state index contributed by atoms with van der Waals surface area (Å²) in [4.78, 5) is 10.7. The molecule has 0 spiro atoms. The summed E-state index contributed by atoms with van der Waals surface area (Å²) in [5.41, 5.74) is -1.46. The average molecular weight is 269 g/mol. The molecule has 7 heteroatoms. The summed E-state index contributed by atoms with van der Waals surface area (Å²) in [6.45, 7) is 1.23. The molecule has 3 nitrogen and oxygen atoms in total. The monoisotopic (exact) mass is 268 g/mol. The van der Waals surface area contributed by atoms with Gasteiger partial charge in [-0.1, -0.05) is 11.6 Å². The van der Waals surface area contributed by atoms with Gasteiger partial charge in [0.2, 0.25) is 0 Å². The van der Waals surface area contributed by atoms with Crippen LogP contribution in [-0.4, -0.2) is 16.2 Å². The molecule has 0 aliphatic heterocycles. The van der Waals surface area contributed by atoms with Gasteiger partial charge in [-0.05, 0) is 24.6 Å². The van der Waals surface area contributed by atoms with Crippen LogP contribution < -0.4 is 0 Å². The predicted molar refractivity (Wildman–Crippen MR) is 54.2 cm³/mol. The number of benzene rings is 1. The number of hydrogen-bond acceptors (Lipinski definition) is 2. The highest BCUT2D eigenvalue weighted by Gasteiger charge is 2.36. The van der Waals surface area contributed by atoms with E-state index in [0.717, 1.165) is 6.07 Å². The molecule has 1 aromatic carbocycles. The van der Waals surface area contributed by atoms with Crippen molar-refractivity contribution < 1.29 is 28.2 Å². The minimum Gasteiger partial charge on any atom is -0.506 e. The Balaban J connectivity index is 3.39. The van der Waals surface area contributed by atoms with E-state index in [4.69, 9.17) is 16.7 Å². The minimum atomic E-state index is -4.79. The van der Waals surface area contributed by atoms with Gasteiger partial charge in [0.25, 0.3) is 0 Å². The summed E-state index contributed by atoms with van der Waals surface area (Å²) in [5, 5.41) is 17.4. The van der Waals surface area contributed by atoms with Gasteiger partial charge in [0.05, 0.1) is 16.5 Å². The van der Waals surface area contributed by atoms with Crippen molar-refractivity contribution in [3.63, 3.8) is 0 Å². The van der Waals surface area contributed by atoms with Crippen LogP contribution in [0.5, 0.6) is 5.75 Å². The van der Waals surface area contributed by atoms with Gasteiger partial charge in [0.15, 0.2) is 0 Å². The number of aromatic hydroxyl groups is 1. The highest BCUT2D eigenvalue weighted by molar-refractivity contribution is 6.32. The van der Waals surface area contributed by atoms with Gasteiger partial charge in [-0.2, -0.15) is 13.2 Å². The highest BCUT2D eigenvalue weighted by Crippen LogP contribution is 2.41. The van der Waals surface area contributed by atoms with E-state index in [9.17, 15) is 23.1 Å². The molecule has 0 aliphatic carbocycles. The molecule has 0 aromatic heterocycles. The fraction of sp³-hybridized carbons (Fsp3) is 0.300. The first kappa shape index (κ1) is 13.6. The zero-order valence-electron chi connectivity index (χ0n) is 8.55. The Hall–Kier alpha value is -1.43. The summed E-state index contributed by atoms with van der Waals surface area (Å²) in [6.07, 6.45) is -4.79. The Morgan fingerprint density at radius 2 is 1.94 bits per heavy atom. The fourth-order valence-corrected chi connectivity index (χ4v) is 1.46. The van der Waals surface area contributed by atoms with Crippen LogP contribution in [0.3, 0.4) is 0 Å². The van der Waals surface area contributed by atoms with E-state index in [0.29, 0.717) is 6.07 Å². The first-order chi connectivity index (χ1) is 7.64. The molecule has 94 valence electrons. The van der Waals surface area contributed by atoms with E-state index in [1.807, 2.05) is 0 Å². The van der Waals surface area contributed by atoms with Crippen LogP contribution in [0, 0.1) is 0 Å². The minimum absolute atomic E-state index is 0.118. The van der Waals surface area contributed by atoms with E-state index in [1.54, 1.807) is 0 Å². The van der Waals surface area contributed by atoms with Crippen LogP contribution in [0.25, 0.3) is 0 Å². The first-order valence-corrected chi connectivity index (χ1v) is 4.84. The number of halogens is 4. The molecule has 0 fully saturated rings. The second-order valence-electron chi connectivity index (χ2n) is 3.46. The Labute approximate surface area is 99.4 Å². The number of rotatable bonds is 2. The van der Waals surface area contributed by atoms with E-state index < -0.39 is 34.4 Å². The van der Waals surface area contributed by atoms with Crippen LogP contribution in [-0.2, 0) is 11.0 Å². The largest absolute Gasteiger partial charge is 0.506 e. The van der Waals surface area contributed by atoms with Crippen molar-refractivity contribution in [2.75, 3.05) is 0 Å². The SMILES string of the molecule is CC(C(=O)O)c1cc(Cl)c(O)c(C(F)(F)F)c1. The van der Waals surface area contributed by atoms with Crippen LogP contribution in [0.1, 0.15) is 24.0 Å². The standard InChI is InChI=1S/C10H8ClF3O3/c1-4(9(16)17)5-2-6(10(12,13)14)8(15)7(11)3-5/h2-4,15H,1H3,(H,16,17). The maximum atomic E-state index is 12.5. The van der Waals surface area contributed by atoms with Crippen molar-refractivity contribution in [2.24, 2.45) is 0 Å². The molecule has 2 N–H and O–H groups in total. The molecule has 17 heavy (non-hydrogen) atoms. The van der Waals surface area contributed by atoms with Crippen LogP contribution in [0.15, 0.2) is 12.1 Å². The second-order valence-corrected chi connectivity index (χ2v) is 3.86. The Morgan fingerprint density at radius 3 is 2.35 bits per heavy atom. The topological polar surface area (TPSA) is 57.5 Å². The van der Waals surface area contributed by atoms with Crippen LogP contribution in [0.2, 0.25) is 5.02 Å². The van der Waals surface area contributed by atoms with Crippen molar-refractivity contribution in [3.05, 3.63) is 28.3 Å². The molecule has 0 saturated carbocycles. The van der Waals surface area contributed by atoms with Gasteiger partial charge in [-0.3, -0.25) is 4.79 Å². The smallest absolute Gasteiger partial charge is 0.420 e. The lowest BCUT2D eigenvalue weighted by molar-refractivity contribution is -0.140. The number of carboxylic acid groups (broad SMARTS) is 1. The molecular weight excluding hydrogens is 261 g/mol. The second kappa shape index (κ2) is 4.44. The van der Waals surface area contributed by atoms with E-state index in [2.05, 4.69) is 0 Å². The lowest BCUT2D eigenvalue weighted by Gasteiger charge is -2.14. The van der Waals surface area contributed by atoms with E-state index >= 15 is 0 Å². The third kappa shape index (κ3) is 2.82. The van der Waals surface area contributed by atoms with Crippen molar-refractivity contribution in [1.82, 2.24) is 0 Å². The van der Waals surface area contributed by atoms with E-state index in [1.165, 1.54) is 6.92 Å². The number of phenolic OH excluding ortho intramolecular Hbond substituents is 1. The summed E-state index contributed by atoms with van der Waals surface area (Å²) >= 11 is 5.43.